The summed E-state index contributed by atoms with van der Waals surface area (Å²) in [6, 6.07) is 18.1. The Morgan fingerprint density at radius 3 is 2.62 bits per heavy atom. The van der Waals surface area contributed by atoms with Crippen molar-refractivity contribution >= 4 is 28.4 Å². The molecule has 0 atom stereocenters. The molecule has 3 aromatic rings. The fraction of sp³-hybridized carbons (Fsp3) is 0.174. The second-order valence-corrected chi connectivity index (χ2v) is 6.26. The molecule has 132 valence electrons. The summed E-state index contributed by atoms with van der Waals surface area (Å²) < 4.78 is 5.25. The summed E-state index contributed by atoms with van der Waals surface area (Å²) in [7, 11) is 1.66. The third-order valence-electron chi connectivity index (χ3n) is 4.49. The highest BCUT2D eigenvalue weighted by atomic mass is 16.5. The number of anilines is 1. The van der Waals surface area contributed by atoms with Crippen LogP contribution < -0.4 is 10.1 Å². The lowest BCUT2D eigenvalue weighted by Gasteiger charge is -2.11. The van der Waals surface area contributed by atoms with Crippen LogP contribution in [0, 0.1) is 6.92 Å². The van der Waals surface area contributed by atoms with Crippen LogP contribution in [0.1, 0.15) is 23.6 Å². The normalized spacial score (nSPS) is 11.0. The Kier molecular flexibility index (Phi) is 5.37. The van der Waals surface area contributed by atoms with Crippen molar-refractivity contribution in [2.24, 2.45) is 0 Å². The number of carbonyl (C=O) groups excluding carboxylic acids is 1. The first-order chi connectivity index (χ1) is 12.6. The number of methoxy groups -OCH3 is 1. The topological polar surface area (TPSA) is 38.3 Å². The minimum absolute atomic E-state index is 0.121. The van der Waals surface area contributed by atoms with Crippen LogP contribution in [0.25, 0.3) is 16.8 Å². The van der Waals surface area contributed by atoms with Gasteiger partial charge in [0.1, 0.15) is 5.75 Å². The van der Waals surface area contributed by atoms with Crippen LogP contribution >= 0.6 is 0 Å². The summed E-state index contributed by atoms with van der Waals surface area (Å²) in [5, 5.41) is 5.23. The van der Waals surface area contributed by atoms with Crippen LogP contribution in [0.4, 0.5) is 5.69 Å². The Morgan fingerprint density at radius 2 is 1.85 bits per heavy atom. The molecule has 0 unspecified atom stereocenters. The minimum Gasteiger partial charge on any atom is -0.497 e. The molecular formula is C23H23NO2. The monoisotopic (exact) mass is 345 g/mol. The Labute approximate surface area is 154 Å². The van der Waals surface area contributed by atoms with Crippen molar-refractivity contribution in [1.82, 2.24) is 0 Å². The van der Waals surface area contributed by atoms with Crippen molar-refractivity contribution in [3.63, 3.8) is 0 Å². The van der Waals surface area contributed by atoms with Gasteiger partial charge in [-0.1, -0.05) is 43.3 Å². The number of ether oxygens (including phenoxy) is 1. The zero-order valence-corrected chi connectivity index (χ0v) is 15.4. The molecule has 1 N–H and O–H groups in total. The van der Waals surface area contributed by atoms with Crippen molar-refractivity contribution in [2.45, 2.75) is 20.3 Å². The molecule has 0 aliphatic rings. The molecule has 0 aliphatic heterocycles. The van der Waals surface area contributed by atoms with Crippen LogP contribution in [0.15, 0.2) is 60.7 Å². The molecule has 3 heteroatoms. The van der Waals surface area contributed by atoms with Crippen LogP contribution in [-0.2, 0) is 11.2 Å². The van der Waals surface area contributed by atoms with Gasteiger partial charge >= 0.3 is 0 Å². The van der Waals surface area contributed by atoms with Crippen molar-refractivity contribution in [3.8, 4) is 5.75 Å². The third kappa shape index (κ3) is 3.94. The number of nitrogens with one attached hydrogen (secondary N) is 1. The van der Waals surface area contributed by atoms with E-state index >= 15 is 0 Å². The van der Waals surface area contributed by atoms with Crippen molar-refractivity contribution < 1.29 is 9.53 Å². The van der Waals surface area contributed by atoms with Crippen molar-refractivity contribution in [2.75, 3.05) is 12.4 Å². The van der Waals surface area contributed by atoms with Gasteiger partial charge in [0.2, 0.25) is 5.91 Å². The van der Waals surface area contributed by atoms with E-state index in [-0.39, 0.29) is 5.91 Å². The SMILES string of the molecule is CCc1cccc(C)c1NC(=O)/C=C/c1ccc2cc(OC)ccc2c1. The highest BCUT2D eigenvalue weighted by Crippen LogP contribution is 2.23. The lowest BCUT2D eigenvalue weighted by Crippen LogP contribution is -2.11. The number of para-hydroxylation sites is 1. The predicted octanol–water partition coefficient (Wildman–Crippen LogP) is 5.37. The quantitative estimate of drug-likeness (QED) is 0.631. The number of fused-ring (bicyclic) bond motifs is 1. The van der Waals surface area contributed by atoms with Crippen LogP contribution in [0.5, 0.6) is 5.75 Å². The summed E-state index contributed by atoms with van der Waals surface area (Å²) in [5.41, 5.74) is 4.12. The molecule has 0 heterocycles. The van der Waals surface area contributed by atoms with E-state index in [0.29, 0.717) is 0 Å². The van der Waals surface area contributed by atoms with Gasteiger partial charge in [-0.3, -0.25) is 4.79 Å². The first-order valence-corrected chi connectivity index (χ1v) is 8.76. The molecule has 0 radical (unpaired) electrons. The first kappa shape index (κ1) is 17.7. The fourth-order valence-electron chi connectivity index (χ4n) is 3.01. The molecule has 1 amide bonds. The van der Waals surface area contributed by atoms with E-state index in [1.54, 1.807) is 13.2 Å². The molecule has 0 aliphatic carbocycles. The summed E-state index contributed by atoms with van der Waals surface area (Å²) in [5.74, 6) is 0.717. The highest BCUT2D eigenvalue weighted by Gasteiger charge is 2.06. The second-order valence-electron chi connectivity index (χ2n) is 6.26. The van der Waals surface area contributed by atoms with Gasteiger partial charge in [0.15, 0.2) is 0 Å². The third-order valence-corrected chi connectivity index (χ3v) is 4.49. The fourth-order valence-corrected chi connectivity index (χ4v) is 3.01. The largest absolute Gasteiger partial charge is 0.497 e. The van der Waals surface area contributed by atoms with Gasteiger partial charge in [0.25, 0.3) is 0 Å². The van der Waals surface area contributed by atoms with Gasteiger partial charge in [-0.25, -0.2) is 0 Å². The number of hydrogen-bond donors (Lipinski definition) is 1. The minimum atomic E-state index is -0.121. The van der Waals surface area contributed by atoms with Gasteiger partial charge in [-0.2, -0.15) is 0 Å². The maximum absolute atomic E-state index is 12.3. The number of benzene rings is 3. The number of aryl methyl sites for hydroxylation is 2. The lowest BCUT2D eigenvalue weighted by molar-refractivity contribution is -0.111. The molecule has 0 bridgehead atoms. The van der Waals surface area contributed by atoms with Gasteiger partial charge < -0.3 is 10.1 Å². The smallest absolute Gasteiger partial charge is 0.248 e. The standard InChI is InChI=1S/C23H23NO2/c1-4-18-7-5-6-16(2)23(18)24-22(25)13-9-17-8-10-20-15-21(26-3)12-11-19(20)14-17/h5-15H,4H2,1-3H3,(H,24,25)/b13-9+. The molecule has 3 rings (SSSR count). The number of hydrogen-bond acceptors (Lipinski definition) is 2. The number of amides is 1. The molecule has 3 nitrogen and oxygen atoms in total. The van der Waals surface area contributed by atoms with Crippen molar-refractivity contribution in [3.05, 3.63) is 77.4 Å². The molecule has 0 spiro atoms. The molecule has 0 fully saturated rings. The van der Waals surface area contributed by atoms with Gasteiger partial charge in [0.05, 0.1) is 7.11 Å². The van der Waals surface area contributed by atoms with E-state index in [1.165, 1.54) is 0 Å². The zero-order valence-electron chi connectivity index (χ0n) is 15.4. The van der Waals surface area contributed by atoms with Gasteiger partial charge in [-0.05, 0) is 65.1 Å². The molecule has 26 heavy (non-hydrogen) atoms. The maximum atomic E-state index is 12.3. The van der Waals surface area contributed by atoms with E-state index in [9.17, 15) is 4.79 Å². The zero-order chi connectivity index (χ0) is 18.5. The van der Waals surface area contributed by atoms with E-state index in [4.69, 9.17) is 4.74 Å². The van der Waals surface area contributed by atoms with Crippen LogP contribution in [-0.4, -0.2) is 13.0 Å². The number of carbonyl (C=O) groups is 1. The Bertz CT molecular complexity index is 973. The summed E-state index contributed by atoms with van der Waals surface area (Å²) in [4.78, 5) is 12.3. The maximum Gasteiger partial charge on any atom is 0.248 e. The predicted molar refractivity (Wildman–Crippen MR) is 109 cm³/mol. The summed E-state index contributed by atoms with van der Waals surface area (Å²) in [6.45, 7) is 4.10. The Hall–Kier alpha value is -3.07. The summed E-state index contributed by atoms with van der Waals surface area (Å²) >= 11 is 0. The van der Waals surface area contributed by atoms with Crippen LogP contribution in [0.3, 0.4) is 0 Å². The van der Waals surface area contributed by atoms with Crippen LogP contribution in [0.2, 0.25) is 0 Å². The molecule has 0 aromatic heterocycles. The van der Waals surface area contributed by atoms with E-state index in [1.807, 2.05) is 61.5 Å². The van der Waals surface area contributed by atoms with Crippen molar-refractivity contribution in [1.29, 1.82) is 0 Å². The molecular weight excluding hydrogens is 322 g/mol. The molecule has 0 saturated carbocycles. The number of rotatable bonds is 5. The van der Waals surface area contributed by atoms with Gasteiger partial charge in [-0.15, -0.1) is 0 Å². The first-order valence-electron chi connectivity index (χ1n) is 8.76. The lowest BCUT2D eigenvalue weighted by atomic mass is 10.1. The van der Waals surface area contributed by atoms with Gasteiger partial charge in [0, 0.05) is 11.8 Å². The average molecular weight is 345 g/mol. The van der Waals surface area contributed by atoms with E-state index in [0.717, 1.165) is 45.3 Å². The highest BCUT2D eigenvalue weighted by molar-refractivity contribution is 6.03. The van der Waals surface area contributed by atoms with E-state index < -0.39 is 0 Å². The summed E-state index contributed by atoms with van der Waals surface area (Å²) in [6.07, 6.45) is 4.30. The molecule has 3 aromatic carbocycles. The Balaban J connectivity index is 1.77. The Morgan fingerprint density at radius 1 is 1.08 bits per heavy atom. The molecule has 0 saturated heterocycles. The second kappa shape index (κ2) is 7.87. The average Bonchev–Trinajstić information content (AvgIpc) is 2.67. The van der Waals surface area contributed by atoms with E-state index in [2.05, 4.69) is 18.3 Å².